The third-order valence-corrected chi connectivity index (χ3v) is 7.82. The van der Waals surface area contributed by atoms with Crippen LogP contribution in [-0.4, -0.2) is 86.9 Å². The molecule has 3 rings (SSSR count). The number of carbonyl (C=O) groups excluding carboxylic acids is 2. The van der Waals surface area contributed by atoms with Gasteiger partial charge in [0, 0.05) is 26.1 Å². The Morgan fingerprint density at radius 3 is 2.00 bits per heavy atom. The number of esters is 2. The Morgan fingerprint density at radius 1 is 0.868 bits per heavy atom. The molecule has 0 N–H and O–H groups in total. The van der Waals surface area contributed by atoms with Gasteiger partial charge < -0.3 is 24.0 Å². The average molecular weight is 527 g/mol. The van der Waals surface area contributed by atoms with Gasteiger partial charge >= 0.3 is 11.9 Å². The van der Waals surface area contributed by atoms with E-state index < -0.39 is 17.4 Å². The van der Waals surface area contributed by atoms with Crippen LogP contribution in [0.4, 0.5) is 0 Å². The summed E-state index contributed by atoms with van der Waals surface area (Å²) in [6, 6.07) is 14.1. The van der Waals surface area contributed by atoms with Gasteiger partial charge in [-0.25, -0.2) is 0 Å². The summed E-state index contributed by atoms with van der Waals surface area (Å²) in [5.74, 6) is -1.03. The molecule has 7 heteroatoms. The molecule has 0 radical (unpaired) electrons. The van der Waals surface area contributed by atoms with Crippen LogP contribution in [0.25, 0.3) is 10.8 Å². The highest BCUT2D eigenvalue weighted by atomic mass is 16.6. The lowest BCUT2D eigenvalue weighted by molar-refractivity contribution is -0.176. The molecule has 1 unspecified atom stereocenters. The molecule has 2 aromatic carbocycles. The van der Waals surface area contributed by atoms with Crippen LogP contribution in [0.15, 0.2) is 42.5 Å². The Kier molecular flexibility index (Phi) is 12.0. The van der Waals surface area contributed by atoms with Crippen molar-refractivity contribution >= 4 is 22.7 Å². The van der Waals surface area contributed by atoms with E-state index in [-0.39, 0.29) is 32.2 Å². The first kappa shape index (κ1) is 30.1. The maximum atomic E-state index is 14.0. The number of benzene rings is 2. The molecule has 7 nitrogen and oxygen atoms in total. The molecule has 0 saturated carbocycles. The number of ether oxygens (including phenoxy) is 3. The van der Waals surface area contributed by atoms with Crippen LogP contribution in [-0.2, 0) is 30.2 Å². The number of hydrogen-bond acceptors (Lipinski definition) is 7. The molecule has 1 aliphatic rings. The predicted molar refractivity (Wildman–Crippen MR) is 151 cm³/mol. The summed E-state index contributed by atoms with van der Waals surface area (Å²) in [5, 5.41) is 2.10. The largest absolute Gasteiger partial charge is 0.463 e. The van der Waals surface area contributed by atoms with E-state index in [4.69, 9.17) is 14.2 Å². The molecule has 2 aromatic rings. The summed E-state index contributed by atoms with van der Waals surface area (Å²) >= 11 is 0. The second-order valence-corrected chi connectivity index (χ2v) is 10.1. The predicted octanol–water partition coefficient (Wildman–Crippen LogP) is 4.71. The SMILES string of the molecule is CCN(CC)CCOC(=O)C(Cc1cccc2ccccc12)(CC1CCCO1)C(=O)OCCN(CC)CC. The Morgan fingerprint density at radius 2 is 1.45 bits per heavy atom. The maximum Gasteiger partial charge on any atom is 0.323 e. The Labute approximate surface area is 228 Å². The fourth-order valence-electron chi connectivity index (χ4n) is 5.32. The molecule has 1 aliphatic heterocycles. The molecule has 38 heavy (non-hydrogen) atoms. The van der Waals surface area contributed by atoms with Gasteiger partial charge in [0.1, 0.15) is 13.2 Å². The van der Waals surface area contributed by atoms with E-state index in [1.54, 1.807) is 0 Å². The number of fused-ring (bicyclic) bond motifs is 1. The first-order valence-corrected chi connectivity index (χ1v) is 14.3. The number of carbonyl (C=O) groups is 2. The summed E-state index contributed by atoms with van der Waals surface area (Å²) in [6.45, 7) is 14.2. The van der Waals surface area contributed by atoms with Crippen molar-refractivity contribution < 1.29 is 23.8 Å². The van der Waals surface area contributed by atoms with Gasteiger partial charge in [0.15, 0.2) is 5.41 Å². The van der Waals surface area contributed by atoms with Crippen molar-refractivity contribution in [3.05, 3.63) is 48.0 Å². The number of nitrogens with zero attached hydrogens (tertiary/aromatic N) is 2. The third-order valence-electron chi connectivity index (χ3n) is 7.82. The van der Waals surface area contributed by atoms with Gasteiger partial charge in [-0.05, 0) is 61.8 Å². The summed E-state index contributed by atoms with van der Waals surface area (Å²) in [6.07, 6.45) is 2.02. The van der Waals surface area contributed by atoms with E-state index in [0.717, 1.165) is 55.4 Å². The second-order valence-electron chi connectivity index (χ2n) is 10.1. The highest BCUT2D eigenvalue weighted by molar-refractivity contribution is 6.01. The van der Waals surface area contributed by atoms with E-state index in [0.29, 0.717) is 19.7 Å². The topological polar surface area (TPSA) is 68.3 Å². The van der Waals surface area contributed by atoms with E-state index in [1.807, 2.05) is 42.5 Å². The van der Waals surface area contributed by atoms with Crippen molar-refractivity contribution in [2.24, 2.45) is 5.41 Å². The second kappa shape index (κ2) is 15.2. The molecule has 0 aliphatic carbocycles. The van der Waals surface area contributed by atoms with Crippen LogP contribution in [0.3, 0.4) is 0 Å². The van der Waals surface area contributed by atoms with Gasteiger partial charge in [0.25, 0.3) is 0 Å². The molecular weight excluding hydrogens is 480 g/mol. The minimum Gasteiger partial charge on any atom is -0.463 e. The average Bonchev–Trinajstić information content (AvgIpc) is 3.46. The van der Waals surface area contributed by atoms with Crippen molar-refractivity contribution in [1.29, 1.82) is 0 Å². The van der Waals surface area contributed by atoms with E-state index in [2.05, 4.69) is 37.5 Å². The molecule has 1 saturated heterocycles. The van der Waals surface area contributed by atoms with Crippen LogP contribution in [0.1, 0.15) is 52.5 Å². The molecular formula is C31H46N2O5. The van der Waals surface area contributed by atoms with Crippen LogP contribution in [0.2, 0.25) is 0 Å². The Hall–Kier alpha value is -2.48. The van der Waals surface area contributed by atoms with Gasteiger partial charge in [0.2, 0.25) is 0 Å². The van der Waals surface area contributed by atoms with Gasteiger partial charge in [-0.2, -0.15) is 0 Å². The van der Waals surface area contributed by atoms with Crippen LogP contribution < -0.4 is 0 Å². The number of likely N-dealkylation sites (N-methyl/N-ethyl adjacent to an activating group) is 2. The Balaban J connectivity index is 1.94. The zero-order valence-electron chi connectivity index (χ0n) is 23.7. The van der Waals surface area contributed by atoms with Crippen molar-refractivity contribution in [2.75, 3.05) is 59.1 Å². The van der Waals surface area contributed by atoms with Crippen molar-refractivity contribution in [3.8, 4) is 0 Å². The van der Waals surface area contributed by atoms with Gasteiger partial charge in [-0.15, -0.1) is 0 Å². The molecule has 1 fully saturated rings. The molecule has 1 atom stereocenters. The summed E-state index contributed by atoms with van der Waals surface area (Å²) in [7, 11) is 0. The van der Waals surface area contributed by atoms with Crippen LogP contribution >= 0.6 is 0 Å². The molecule has 0 spiro atoms. The summed E-state index contributed by atoms with van der Waals surface area (Å²) in [4.78, 5) is 32.4. The normalized spacial score (nSPS) is 15.9. The zero-order valence-corrected chi connectivity index (χ0v) is 23.7. The quantitative estimate of drug-likeness (QED) is 0.232. The zero-order chi connectivity index (χ0) is 27.4. The van der Waals surface area contributed by atoms with Crippen LogP contribution in [0, 0.1) is 5.41 Å². The fourth-order valence-corrected chi connectivity index (χ4v) is 5.32. The molecule has 1 heterocycles. The van der Waals surface area contributed by atoms with Crippen molar-refractivity contribution in [2.45, 2.75) is 59.5 Å². The van der Waals surface area contributed by atoms with Gasteiger partial charge in [0.05, 0.1) is 6.10 Å². The summed E-state index contributed by atoms with van der Waals surface area (Å²) < 4.78 is 17.7. The van der Waals surface area contributed by atoms with Gasteiger partial charge in [-0.3, -0.25) is 9.59 Å². The molecule has 0 bridgehead atoms. The highest BCUT2D eigenvalue weighted by Gasteiger charge is 2.51. The molecule has 0 aromatic heterocycles. The van der Waals surface area contributed by atoms with E-state index in [1.165, 1.54) is 0 Å². The van der Waals surface area contributed by atoms with E-state index in [9.17, 15) is 9.59 Å². The fraction of sp³-hybridized carbons (Fsp3) is 0.613. The maximum absolute atomic E-state index is 14.0. The van der Waals surface area contributed by atoms with Crippen LogP contribution in [0.5, 0.6) is 0 Å². The van der Waals surface area contributed by atoms with Crippen molar-refractivity contribution in [1.82, 2.24) is 9.80 Å². The lowest BCUT2D eigenvalue weighted by atomic mass is 9.75. The number of hydrogen-bond donors (Lipinski definition) is 0. The smallest absolute Gasteiger partial charge is 0.323 e. The standard InChI is InChI=1S/C31H46N2O5/c1-5-32(6-2)18-21-37-29(34)31(24-27-16-12-20-36-27,30(35)38-22-19-33(7-3)8-4)23-26-15-11-14-25-13-9-10-17-28(25)26/h9-11,13-15,17,27H,5-8,12,16,18-24H2,1-4H3. The first-order valence-electron chi connectivity index (χ1n) is 14.3. The lowest BCUT2D eigenvalue weighted by Crippen LogP contribution is -2.47. The monoisotopic (exact) mass is 526 g/mol. The Bertz CT molecular complexity index is 977. The molecule has 0 amide bonds. The minimum absolute atomic E-state index is 0.185. The first-order chi connectivity index (χ1) is 18.5. The van der Waals surface area contributed by atoms with Gasteiger partial charge in [-0.1, -0.05) is 70.2 Å². The molecule has 210 valence electrons. The lowest BCUT2D eigenvalue weighted by Gasteiger charge is -2.32. The van der Waals surface area contributed by atoms with Crippen molar-refractivity contribution in [3.63, 3.8) is 0 Å². The summed E-state index contributed by atoms with van der Waals surface area (Å²) in [5.41, 5.74) is -0.548. The highest BCUT2D eigenvalue weighted by Crippen LogP contribution is 2.37. The minimum atomic E-state index is -1.48. The number of rotatable bonds is 16. The van der Waals surface area contributed by atoms with E-state index >= 15 is 0 Å². The third kappa shape index (κ3) is 7.78.